The standard InChI is InChI=1S/C18H15N3O2S2/c1-11-4-3-5-15(19-11)20-16(22)13-8-6-12(7-9-13)10-14-17(23)21(2)18(24)25-14/h3-10H,1-2H3,(H,19,20,22). The van der Waals surface area contributed by atoms with Crippen molar-refractivity contribution < 1.29 is 9.59 Å². The maximum Gasteiger partial charge on any atom is 0.265 e. The molecule has 2 heterocycles. The van der Waals surface area contributed by atoms with E-state index in [1.165, 1.54) is 16.7 Å². The van der Waals surface area contributed by atoms with E-state index in [4.69, 9.17) is 12.2 Å². The van der Waals surface area contributed by atoms with Gasteiger partial charge < -0.3 is 5.32 Å². The first-order valence-corrected chi connectivity index (χ1v) is 8.73. The van der Waals surface area contributed by atoms with Crippen molar-refractivity contribution in [1.82, 2.24) is 9.88 Å². The molecular formula is C18H15N3O2S2. The molecule has 1 saturated heterocycles. The summed E-state index contributed by atoms with van der Waals surface area (Å²) in [7, 11) is 1.66. The number of carbonyl (C=O) groups is 2. The number of aromatic nitrogens is 1. The highest BCUT2D eigenvalue weighted by Gasteiger charge is 2.28. The number of hydrogen-bond acceptors (Lipinski definition) is 5. The Morgan fingerprint density at radius 1 is 1.24 bits per heavy atom. The molecule has 2 aromatic rings. The van der Waals surface area contributed by atoms with Gasteiger partial charge in [-0.2, -0.15) is 0 Å². The number of pyridine rings is 1. The molecule has 0 atom stereocenters. The minimum absolute atomic E-state index is 0.109. The lowest BCUT2D eigenvalue weighted by Crippen LogP contribution is -2.22. The Morgan fingerprint density at radius 2 is 1.96 bits per heavy atom. The number of likely N-dealkylation sites (N-methyl/N-ethyl adjacent to an activating group) is 1. The number of nitrogens with one attached hydrogen (secondary N) is 1. The van der Waals surface area contributed by atoms with Crippen LogP contribution in [0.1, 0.15) is 21.6 Å². The molecule has 7 heteroatoms. The molecule has 0 radical (unpaired) electrons. The Balaban J connectivity index is 1.73. The largest absolute Gasteiger partial charge is 0.307 e. The van der Waals surface area contributed by atoms with Gasteiger partial charge in [0.15, 0.2) is 0 Å². The zero-order valence-corrected chi connectivity index (χ0v) is 15.3. The molecule has 1 N–H and O–H groups in total. The third-order valence-electron chi connectivity index (χ3n) is 3.59. The molecule has 25 heavy (non-hydrogen) atoms. The number of thioether (sulfide) groups is 1. The number of hydrogen-bond donors (Lipinski definition) is 1. The van der Waals surface area contributed by atoms with E-state index >= 15 is 0 Å². The SMILES string of the molecule is Cc1cccc(NC(=O)c2ccc(C=C3SC(=S)N(C)C3=O)cc2)n1. The van der Waals surface area contributed by atoms with E-state index in [0.29, 0.717) is 20.6 Å². The van der Waals surface area contributed by atoms with Gasteiger partial charge in [-0.25, -0.2) is 4.98 Å². The first-order valence-electron chi connectivity index (χ1n) is 7.50. The summed E-state index contributed by atoms with van der Waals surface area (Å²) in [4.78, 5) is 30.5. The smallest absolute Gasteiger partial charge is 0.265 e. The minimum atomic E-state index is -0.232. The van der Waals surface area contributed by atoms with Gasteiger partial charge in [0.05, 0.1) is 4.91 Å². The lowest BCUT2D eigenvalue weighted by Gasteiger charge is -2.05. The van der Waals surface area contributed by atoms with Gasteiger partial charge in [-0.15, -0.1) is 0 Å². The Kier molecular flexibility index (Phi) is 4.96. The van der Waals surface area contributed by atoms with Crippen molar-refractivity contribution >= 4 is 52.0 Å². The van der Waals surface area contributed by atoms with E-state index in [9.17, 15) is 9.59 Å². The van der Waals surface area contributed by atoms with Crippen molar-refractivity contribution in [1.29, 1.82) is 0 Å². The Morgan fingerprint density at radius 3 is 2.56 bits per heavy atom. The van der Waals surface area contributed by atoms with Gasteiger partial charge in [0.1, 0.15) is 10.1 Å². The molecule has 0 saturated carbocycles. The van der Waals surface area contributed by atoms with Crippen LogP contribution in [0.2, 0.25) is 0 Å². The van der Waals surface area contributed by atoms with E-state index in [1.807, 2.05) is 19.1 Å². The topological polar surface area (TPSA) is 62.3 Å². The summed E-state index contributed by atoms with van der Waals surface area (Å²) in [6.45, 7) is 1.86. The van der Waals surface area contributed by atoms with Gasteiger partial charge in [-0.3, -0.25) is 14.5 Å². The fourth-order valence-corrected chi connectivity index (χ4v) is 3.41. The zero-order valence-electron chi connectivity index (χ0n) is 13.6. The maximum atomic E-state index is 12.3. The number of anilines is 1. The second kappa shape index (κ2) is 7.16. The van der Waals surface area contributed by atoms with Gasteiger partial charge >= 0.3 is 0 Å². The van der Waals surface area contributed by atoms with Crippen LogP contribution in [0.3, 0.4) is 0 Å². The molecule has 3 rings (SSSR count). The number of nitrogens with zero attached hydrogens (tertiary/aromatic N) is 2. The molecule has 0 bridgehead atoms. The summed E-state index contributed by atoms with van der Waals surface area (Å²) in [5, 5.41) is 2.76. The number of thiocarbonyl (C=S) groups is 1. The molecule has 1 aromatic carbocycles. The summed E-state index contributed by atoms with van der Waals surface area (Å²) in [5.74, 6) is 0.174. The minimum Gasteiger partial charge on any atom is -0.307 e. The van der Waals surface area contributed by atoms with Gasteiger partial charge in [0.2, 0.25) is 0 Å². The summed E-state index contributed by atoms with van der Waals surface area (Å²) in [6, 6.07) is 12.5. The predicted octanol–water partition coefficient (Wildman–Crippen LogP) is 3.47. The molecule has 1 fully saturated rings. The van der Waals surface area contributed by atoms with Gasteiger partial charge in [-0.05, 0) is 42.8 Å². The Hall–Kier alpha value is -2.51. The van der Waals surface area contributed by atoms with Crippen molar-refractivity contribution in [2.24, 2.45) is 0 Å². The molecule has 2 amide bonds. The van der Waals surface area contributed by atoms with Crippen LogP contribution in [0.4, 0.5) is 5.82 Å². The second-order valence-corrected chi connectivity index (χ2v) is 7.16. The molecule has 5 nitrogen and oxygen atoms in total. The van der Waals surface area contributed by atoms with Gasteiger partial charge in [0.25, 0.3) is 11.8 Å². The van der Waals surface area contributed by atoms with Crippen molar-refractivity contribution in [3.05, 3.63) is 64.2 Å². The highest BCUT2D eigenvalue weighted by atomic mass is 32.2. The van der Waals surface area contributed by atoms with Crippen LogP contribution < -0.4 is 5.32 Å². The first-order chi connectivity index (χ1) is 11.9. The van der Waals surface area contributed by atoms with Crippen molar-refractivity contribution in [2.75, 3.05) is 12.4 Å². The second-order valence-electron chi connectivity index (χ2n) is 5.48. The van der Waals surface area contributed by atoms with Crippen molar-refractivity contribution in [2.45, 2.75) is 6.92 Å². The fourth-order valence-electron chi connectivity index (χ4n) is 2.23. The molecule has 0 aliphatic carbocycles. The highest BCUT2D eigenvalue weighted by Crippen LogP contribution is 2.31. The molecule has 126 valence electrons. The van der Waals surface area contributed by atoms with Crippen LogP contribution in [-0.2, 0) is 4.79 Å². The average Bonchev–Trinajstić information content (AvgIpc) is 2.82. The van der Waals surface area contributed by atoms with E-state index < -0.39 is 0 Å². The van der Waals surface area contributed by atoms with Crippen LogP contribution >= 0.6 is 24.0 Å². The summed E-state index contributed by atoms with van der Waals surface area (Å²) >= 11 is 6.38. The lowest BCUT2D eigenvalue weighted by molar-refractivity contribution is -0.121. The van der Waals surface area contributed by atoms with E-state index in [-0.39, 0.29) is 11.8 Å². The molecular weight excluding hydrogens is 354 g/mol. The molecule has 0 spiro atoms. The van der Waals surface area contributed by atoms with Crippen LogP contribution in [-0.4, -0.2) is 33.1 Å². The highest BCUT2D eigenvalue weighted by molar-refractivity contribution is 8.26. The van der Waals surface area contributed by atoms with Crippen LogP contribution in [0.5, 0.6) is 0 Å². The number of rotatable bonds is 3. The molecule has 1 aliphatic rings. The number of carbonyl (C=O) groups excluding carboxylic acids is 2. The van der Waals surface area contributed by atoms with Gasteiger partial charge in [-0.1, -0.05) is 42.2 Å². The van der Waals surface area contributed by atoms with E-state index in [0.717, 1.165) is 11.3 Å². The number of aryl methyl sites for hydroxylation is 1. The van der Waals surface area contributed by atoms with Crippen molar-refractivity contribution in [3.8, 4) is 0 Å². The molecule has 1 aliphatic heterocycles. The maximum absolute atomic E-state index is 12.3. The van der Waals surface area contributed by atoms with Gasteiger partial charge in [0, 0.05) is 18.3 Å². The fraction of sp³-hybridized carbons (Fsp3) is 0.111. The Bertz CT molecular complexity index is 891. The predicted molar refractivity (Wildman–Crippen MR) is 104 cm³/mol. The third-order valence-corrected chi connectivity index (χ3v) is 5.07. The van der Waals surface area contributed by atoms with E-state index in [1.54, 1.807) is 43.5 Å². The van der Waals surface area contributed by atoms with Crippen LogP contribution in [0, 0.1) is 6.92 Å². The summed E-state index contributed by atoms with van der Waals surface area (Å²) < 4.78 is 0.540. The monoisotopic (exact) mass is 369 g/mol. The number of benzene rings is 1. The van der Waals surface area contributed by atoms with Crippen LogP contribution in [0.15, 0.2) is 47.4 Å². The Labute approximate surface area is 155 Å². The lowest BCUT2D eigenvalue weighted by atomic mass is 10.1. The average molecular weight is 369 g/mol. The van der Waals surface area contributed by atoms with Crippen molar-refractivity contribution in [3.63, 3.8) is 0 Å². The summed E-state index contributed by atoms with van der Waals surface area (Å²) in [5.41, 5.74) is 2.18. The first kappa shape index (κ1) is 17.3. The van der Waals surface area contributed by atoms with Crippen LogP contribution in [0.25, 0.3) is 6.08 Å². The number of amides is 2. The zero-order chi connectivity index (χ0) is 18.0. The van der Waals surface area contributed by atoms with E-state index in [2.05, 4.69) is 10.3 Å². The quantitative estimate of drug-likeness (QED) is 0.663. The molecule has 1 aromatic heterocycles. The normalized spacial score (nSPS) is 15.8. The third kappa shape index (κ3) is 3.94. The molecule has 0 unspecified atom stereocenters. The summed E-state index contributed by atoms with van der Waals surface area (Å²) in [6.07, 6.45) is 1.77.